The average molecular weight is 256 g/mol. The Kier molecular flexibility index (Phi) is 7.40. The largest absolute Gasteiger partial charge is 0.380 e. The van der Waals surface area contributed by atoms with Crippen LogP contribution in [0.3, 0.4) is 0 Å². The smallest absolute Gasteiger partial charge is 0.0944 e. The summed E-state index contributed by atoms with van der Waals surface area (Å²) in [6.45, 7) is 9.05. The molecular weight excluding hydrogens is 232 g/mol. The molecule has 1 heterocycles. The number of aromatic nitrogens is 1. The van der Waals surface area contributed by atoms with Crippen molar-refractivity contribution in [2.45, 2.75) is 46.1 Å². The highest BCUT2D eigenvalue weighted by Crippen LogP contribution is 2.11. The zero-order valence-corrected chi connectivity index (χ0v) is 12.0. The number of thiazole rings is 1. The second kappa shape index (κ2) is 8.61. The topological polar surface area (TPSA) is 34.1 Å². The molecule has 1 atom stereocenters. The van der Waals surface area contributed by atoms with Crippen LogP contribution in [0.2, 0.25) is 0 Å². The van der Waals surface area contributed by atoms with Gasteiger partial charge in [-0.25, -0.2) is 4.98 Å². The van der Waals surface area contributed by atoms with Gasteiger partial charge in [-0.3, -0.25) is 0 Å². The quantitative estimate of drug-likeness (QED) is 0.690. The third-order valence-corrected chi connectivity index (χ3v) is 3.43. The molecular formula is C13H24N2OS. The minimum atomic E-state index is 0.395. The molecule has 0 bridgehead atoms. The van der Waals surface area contributed by atoms with Gasteiger partial charge in [-0.1, -0.05) is 13.8 Å². The Bertz CT molecular complexity index is 301. The number of aryl methyl sites for hydroxylation is 1. The van der Waals surface area contributed by atoms with Crippen molar-refractivity contribution >= 4 is 11.3 Å². The fourth-order valence-corrected chi connectivity index (χ4v) is 2.47. The van der Waals surface area contributed by atoms with Crippen molar-refractivity contribution in [3.8, 4) is 0 Å². The van der Waals surface area contributed by atoms with Crippen LogP contribution >= 0.6 is 11.3 Å². The summed E-state index contributed by atoms with van der Waals surface area (Å²) >= 11 is 1.74. The number of hydrogen-bond donors (Lipinski definition) is 1. The van der Waals surface area contributed by atoms with Gasteiger partial charge in [0, 0.05) is 30.1 Å². The lowest BCUT2D eigenvalue weighted by atomic mass is 10.2. The van der Waals surface area contributed by atoms with E-state index in [0.717, 1.165) is 44.7 Å². The lowest BCUT2D eigenvalue weighted by Crippen LogP contribution is -2.36. The predicted molar refractivity (Wildman–Crippen MR) is 73.7 cm³/mol. The van der Waals surface area contributed by atoms with Crippen molar-refractivity contribution in [3.63, 3.8) is 0 Å². The molecule has 0 saturated heterocycles. The van der Waals surface area contributed by atoms with E-state index in [0.29, 0.717) is 6.04 Å². The molecule has 0 saturated carbocycles. The monoisotopic (exact) mass is 256 g/mol. The SMILES string of the molecule is CCCNC(COCCC)Cc1nc(C)cs1. The summed E-state index contributed by atoms with van der Waals surface area (Å²) in [5.74, 6) is 0. The van der Waals surface area contributed by atoms with Crippen LogP contribution in [0.1, 0.15) is 37.4 Å². The van der Waals surface area contributed by atoms with Gasteiger partial charge < -0.3 is 10.1 Å². The van der Waals surface area contributed by atoms with Crippen LogP contribution in [0, 0.1) is 6.92 Å². The molecule has 0 radical (unpaired) electrons. The summed E-state index contributed by atoms with van der Waals surface area (Å²) in [7, 11) is 0. The number of ether oxygens (including phenoxy) is 1. The molecule has 0 aliphatic heterocycles. The highest BCUT2D eigenvalue weighted by Gasteiger charge is 2.11. The van der Waals surface area contributed by atoms with Gasteiger partial charge in [-0.2, -0.15) is 0 Å². The molecule has 0 amide bonds. The van der Waals surface area contributed by atoms with Gasteiger partial charge in [0.1, 0.15) is 0 Å². The van der Waals surface area contributed by atoms with E-state index >= 15 is 0 Å². The first-order valence-electron chi connectivity index (χ1n) is 6.48. The number of rotatable bonds is 9. The van der Waals surface area contributed by atoms with Gasteiger partial charge in [-0.15, -0.1) is 11.3 Å². The van der Waals surface area contributed by atoms with E-state index in [4.69, 9.17) is 4.74 Å². The highest BCUT2D eigenvalue weighted by atomic mass is 32.1. The maximum atomic E-state index is 5.64. The third-order valence-electron chi connectivity index (χ3n) is 2.44. The average Bonchev–Trinajstić information content (AvgIpc) is 2.72. The molecule has 0 aliphatic carbocycles. The van der Waals surface area contributed by atoms with Gasteiger partial charge in [0.25, 0.3) is 0 Å². The van der Waals surface area contributed by atoms with Crippen LogP contribution in [0.4, 0.5) is 0 Å². The summed E-state index contributed by atoms with van der Waals surface area (Å²) < 4.78 is 5.64. The molecule has 0 aromatic carbocycles. The molecule has 1 rings (SSSR count). The second-order valence-electron chi connectivity index (χ2n) is 4.31. The van der Waals surface area contributed by atoms with Crippen LogP contribution in [0.15, 0.2) is 5.38 Å². The standard InChI is InChI=1S/C13H24N2OS/c1-4-6-14-12(9-16-7-5-2)8-13-15-11(3)10-17-13/h10,12,14H,4-9H2,1-3H3. The Morgan fingerprint density at radius 3 is 2.82 bits per heavy atom. The van der Waals surface area contributed by atoms with Crippen LogP contribution in [0.5, 0.6) is 0 Å². The van der Waals surface area contributed by atoms with Crippen molar-refractivity contribution in [3.05, 3.63) is 16.1 Å². The van der Waals surface area contributed by atoms with Crippen molar-refractivity contribution in [1.29, 1.82) is 0 Å². The first-order chi connectivity index (χ1) is 8.26. The van der Waals surface area contributed by atoms with Gasteiger partial charge >= 0.3 is 0 Å². The Hall–Kier alpha value is -0.450. The van der Waals surface area contributed by atoms with E-state index in [1.54, 1.807) is 11.3 Å². The minimum absolute atomic E-state index is 0.395. The zero-order valence-electron chi connectivity index (χ0n) is 11.2. The van der Waals surface area contributed by atoms with E-state index in [2.05, 4.69) is 29.5 Å². The number of nitrogens with zero attached hydrogens (tertiary/aromatic N) is 1. The molecule has 98 valence electrons. The number of hydrogen-bond acceptors (Lipinski definition) is 4. The molecule has 1 unspecified atom stereocenters. The van der Waals surface area contributed by atoms with Gasteiger partial charge in [0.2, 0.25) is 0 Å². The molecule has 3 nitrogen and oxygen atoms in total. The molecule has 4 heteroatoms. The lowest BCUT2D eigenvalue weighted by molar-refractivity contribution is 0.111. The van der Waals surface area contributed by atoms with Crippen LogP contribution < -0.4 is 5.32 Å². The van der Waals surface area contributed by atoms with Gasteiger partial charge in [0.15, 0.2) is 0 Å². The van der Waals surface area contributed by atoms with E-state index in [1.165, 1.54) is 5.01 Å². The third kappa shape index (κ3) is 6.15. The van der Waals surface area contributed by atoms with Crippen molar-refractivity contribution in [1.82, 2.24) is 10.3 Å². The van der Waals surface area contributed by atoms with Crippen LogP contribution in [-0.2, 0) is 11.2 Å². The van der Waals surface area contributed by atoms with Crippen molar-refractivity contribution in [2.24, 2.45) is 0 Å². The lowest BCUT2D eigenvalue weighted by Gasteiger charge is -2.17. The molecule has 17 heavy (non-hydrogen) atoms. The van der Waals surface area contributed by atoms with Gasteiger partial charge in [0.05, 0.1) is 11.6 Å². The predicted octanol–water partition coefficient (Wildman–Crippen LogP) is 2.79. The summed E-state index contributed by atoms with van der Waals surface area (Å²) in [6.07, 6.45) is 3.21. The Labute approximate surface area is 109 Å². The van der Waals surface area contributed by atoms with Crippen LogP contribution in [-0.4, -0.2) is 30.8 Å². The molecule has 0 fully saturated rings. The Morgan fingerprint density at radius 1 is 1.41 bits per heavy atom. The molecule has 1 aromatic heterocycles. The van der Waals surface area contributed by atoms with Gasteiger partial charge in [-0.05, 0) is 26.3 Å². The maximum Gasteiger partial charge on any atom is 0.0944 e. The molecule has 1 aromatic rings. The van der Waals surface area contributed by atoms with E-state index in [9.17, 15) is 0 Å². The van der Waals surface area contributed by atoms with Crippen molar-refractivity contribution < 1.29 is 4.74 Å². The summed E-state index contributed by atoms with van der Waals surface area (Å²) in [5.41, 5.74) is 1.12. The number of nitrogens with one attached hydrogen (secondary N) is 1. The minimum Gasteiger partial charge on any atom is -0.380 e. The van der Waals surface area contributed by atoms with Crippen LogP contribution in [0.25, 0.3) is 0 Å². The first kappa shape index (κ1) is 14.6. The molecule has 0 aliphatic rings. The van der Waals surface area contributed by atoms with E-state index < -0.39 is 0 Å². The Balaban J connectivity index is 2.38. The van der Waals surface area contributed by atoms with E-state index in [1.807, 2.05) is 6.92 Å². The first-order valence-corrected chi connectivity index (χ1v) is 7.36. The molecule has 1 N–H and O–H groups in total. The maximum absolute atomic E-state index is 5.64. The normalized spacial score (nSPS) is 12.9. The zero-order chi connectivity index (χ0) is 12.5. The fourth-order valence-electron chi connectivity index (χ4n) is 1.62. The molecule has 0 spiro atoms. The second-order valence-corrected chi connectivity index (χ2v) is 5.26. The summed E-state index contributed by atoms with van der Waals surface area (Å²) in [5, 5.41) is 6.84. The van der Waals surface area contributed by atoms with E-state index in [-0.39, 0.29) is 0 Å². The summed E-state index contributed by atoms with van der Waals surface area (Å²) in [4.78, 5) is 4.51. The highest BCUT2D eigenvalue weighted by molar-refractivity contribution is 7.09. The fraction of sp³-hybridized carbons (Fsp3) is 0.769. The van der Waals surface area contributed by atoms with Crippen molar-refractivity contribution in [2.75, 3.05) is 19.8 Å². The summed E-state index contributed by atoms with van der Waals surface area (Å²) in [6, 6.07) is 0.395. The Morgan fingerprint density at radius 2 is 2.24 bits per heavy atom.